The van der Waals surface area contributed by atoms with Crippen LogP contribution >= 0.6 is 0 Å². The summed E-state index contributed by atoms with van der Waals surface area (Å²) in [6, 6.07) is 19.2. The maximum absolute atomic E-state index is 13.5. The van der Waals surface area contributed by atoms with E-state index < -0.39 is 11.2 Å². The van der Waals surface area contributed by atoms with Gasteiger partial charge >= 0.3 is 5.69 Å². The summed E-state index contributed by atoms with van der Waals surface area (Å²) < 4.78 is 4.22. The van der Waals surface area contributed by atoms with E-state index in [0.717, 1.165) is 22.1 Å². The maximum atomic E-state index is 13.5. The first-order chi connectivity index (χ1) is 16.4. The lowest BCUT2D eigenvalue weighted by molar-refractivity contribution is -0.121. The molecule has 0 aliphatic heterocycles. The number of nitrogens with zero attached hydrogens (tertiary/aromatic N) is 4. The molecule has 2 aromatic heterocycles. The summed E-state index contributed by atoms with van der Waals surface area (Å²) in [6.07, 6.45) is 2.40. The molecule has 4 rings (SSSR count). The number of aromatic nitrogens is 4. The zero-order valence-electron chi connectivity index (χ0n) is 19.5. The fourth-order valence-corrected chi connectivity index (χ4v) is 3.89. The van der Waals surface area contributed by atoms with Gasteiger partial charge in [0.05, 0.1) is 12.9 Å². The van der Waals surface area contributed by atoms with Crippen molar-refractivity contribution in [2.24, 2.45) is 5.92 Å². The first kappa shape index (κ1) is 23.2. The van der Waals surface area contributed by atoms with Gasteiger partial charge in [0.2, 0.25) is 5.91 Å². The van der Waals surface area contributed by atoms with E-state index in [-0.39, 0.29) is 19.0 Å². The number of rotatable bonds is 9. The topological polar surface area (TPSA) is 90.9 Å². The molecule has 0 atom stereocenters. The van der Waals surface area contributed by atoms with Crippen molar-refractivity contribution < 1.29 is 4.79 Å². The molecule has 8 nitrogen and oxygen atoms in total. The van der Waals surface area contributed by atoms with Crippen molar-refractivity contribution in [3.8, 4) is 0 Å². The number of carbonyl (C=O) groups excluding carboxylic acids is 1. The van der Waals surface area contributed by atoms with Crippen molar-refractivity contribution >= 4 is 17.1 Å². The number of carbonyl (C=O) groups is 1. The van der Waals surface area contributed by atoms with Crippen LogP contribution in [0.15, 0.2) is 76.6 Å². The molecule has 0 aliphatic carbocycles. The van der Waals surface area contributed by atoms with Crippen LogP contribution in [0.4, 0.5) is 0 Å². The van der Waals surface area contributed by atoms with Gasteiger partial charge < -0.3 is 9.88 Å². The van der Waals surface area contributed by atoms with Crippen LogP contribution in [0, 0.1) is 5.92 Å². The summed E-state index contributed by atoms with van der Waals surface area (Å²) in [5, 5.41) is 2.81. The summed E-state index contributed by atoms with van der Waals surface area (Å²) in [6.45, 7) is 4.97. The van der Waals surface area contributed by atoms with Crippen molar-refractivity contribution in [3.63, 3.8) is 0 Å². The molecular weight excluding hydrogens is 430 g/mol. The molecule has 176 valence electrons. The lowest BCUT2D eigenvalue weighted by atomic mass is 10.1. The predicted octanol–water partition coefficient (Wildman–Crippen LogP) is 2.62. The fraction of sp³-hybridized carbons (Fsp3) is 0.308. The lowest BCUT2D eigenvalue weighted by Crippen LogP contribution is -2.44. The average Bonchev–Trinajstić information content (AvgIpc) is 3.24. The van der Waals surface area contributed by atoms with E-state index in [1.54, 1.807) is 10.9 Å². The minimum absolute atomic E-state index is 0.244. The molecule has 0 saturated heterocycles. The number of hydrogen-bond acceptors (Lipinski definition) is 4. The Balaban J connectivity index is 1.78. The second-order valence-electron chi connectivity index (χ2n) is 8.81. The smallest absolute Gasteiger partial charge is 0.333 e. The Labute approximate surface area is 197 Å². The van der Waals surface area contributed by atoms with Crippen molar-refractivity contribution in [2.75, 3.05) is 6.54 Å². The highest BCUT2D eigenvalue weighted by Gasteiger charge is 2.20. The van der Waals surface area contributed by atoms with Crippen LogP contribution in [0.5, 0.6) is 0 Å². The molecule has 0 radical (unpaired) electrons. The van der Waals surface area contributed by atoms with Gasteiger partial charge in [0.1, 0.15) is 6.54 Å². The van der Waals surface area contributed by atoms with Gasteiger partial charge in [-0.1, -0.05) is 74.5 Å². The minimum Gasteiger partial charge on any atom is -0.355 e. The number of imidazole rings is 1. The Morgan fingerprint density at radius 3 is 2.15 bits per heavy atom. The number of hydrogen-bond donors (Lipinski definition) is 1. The van der Waals surface area contributed by atoms with Crippen LogP contribution < -0.4 is 16.6 Å². The molecule has 1 N–H and O–H groups in total. The molecule has 0 unspecified atom stereocenters. The van der Waals surface area contributed by atoms with E-state index in [1.807, 2.05) is 60.7 Å². The second kappa shape index (κ2) is 10.3. The molecule has 1 amide bonds. The van der Waals surface area contributed by atoms with Crippen LogP contribution in [0.25, 0.3) is 11.2 Å². The molecule has 2 heterocycles. The molecule has 2 aromatic carbocycles. The fourth-order valence-electron chi connectivity index (χ4n) is 3.89. The van der Waals surface area contributed by atoms with E-state index in [2.05, 4.69) is 24.1 Å². The van der Waals surface area contributed by atoms with Gasteiger partial charge in [-0.2, -0.15) is 0 Å². The van der Waals surface area contributed by atoms with Crippen LogP contribution in [-0.2, 0) is 24.4 Å². The van der Waals surface area contributed by atoms with Crippen LogP contribution in [0.1, 0.15) is 31.4 Å². The van der Waals surface area contributed by atoms with Gasteiger partial charge in [-0.15, -0.1) is 0 Å². The zero-order valence-corrected chi connectivity index (χ0v) is 19.5. The Morgan fingerprint density at radius 2 is 1.53 bits per heavy atom. The average molecular weight is 460 g/mol. The largest absolute Gasteiger partial charge is 0.355 e. The lowest BCUT2D eigenvalue weighted by Gasteiger charge is -2.13. The van der Waals surface area contributed by atoms with Gasteiger partial charge in [0.25, 0.3) is 5.56 Å². The molecule has 0 fully saturated rings. The number of nitrogens with one attached hydrogen (secondary N) is 1. The van der Waals surface area contributed by atoms with Gasteiger partial charge in [-0.3, -0.25) is 14.2 Å². The van der Waals surface area contributed by atoms with Crippen molar-refractivity contribution in [3.05, 3.63) is 99.0 Å². The maximum Gasteiger partial charge on any atom is 0.333 e. The van der Waals surface area contributed by atoms with Gasteiger partial charge in [-0.25, -0.2) is 14.3 Å². The molecule has 0 bridgehead atoms. The highest BCUT2D eigenvalue weighted by Crippen LogP contribution is 2.12. The highest BCUT2D eigenvalue weighted by molar-refractivity contribution is 5.76. The molecule has 4 aromatic rings. The van der Waals surface area contributed by atoms with Crippen LogP contribution in [0.2, 0.25) is 0 Å². The summed E-state index contributed by atoms with van der Waals surface area (Å²) >= 11 is 0. The normalized spacial score (nSPS) is 11.3. The zero-order chi connectivity index (χ0) is 24.1. The molecule has 8 heteroatoms. The number of amides is 1. The van der Waals surface area contributed by atoms with E-state index >= 15 is 0 Å². The SMILES string of the molecule is CC(C)CCNC(=O)Cn1c(=O)c2c(ncn2Cc2ccccc2)n(Cc2ccccc2)c1=O. The first-order valence-corrected chi connectivity index (χ1v) is 11.5. The summed E-state index contributed by atoms with van der Waals surface area (Å²) in [4.78, 5) is 43.9. The molecular formula is C26H29N5O3. The van der Waals surface area contributed by atoms with Crippen molar-refractivity contribution in [1.82, 2.24) is 24.0 Å². The first-order valence-electron chi connectivity index (χ1n) is 11.5. The third-order valence-corrected chi connectivity index (χ3v) is 5.71. The third kappa shape index (κ3) is 5.17. The quantitative estimate of drug-likeness (QED) is 0.417. The third-order valence-electron chi connectivity index (χ3n) is 5.71. The summed E-state index contributed by atoms with van der Waals surface area (Å²) in [5.41, 5.74) is 1.44. The van der Waals surface area contributed by atoms with E-state index in [1.165, 1.54) is 4.57 Å². The standard InChI is InChI=1S/C26H29N5O3/c1-19(2)13-14-27-22(32)17-31-25(33)23-24(28-18-29(23)15-20-9-5-3-6-10-20)30(26(31)34)16-21-11-7-4-8-12-21/h3-12,18-19H,13-17H2,1-2H3,(H,27,32). The van der Waals surface area contributed by atoms with Crippen molar-refractivity contribution in [1.29, 1.82) is 0 Å². The minimum atomic E-state index is -0.551. The highest BCUT2D eigenvalue weighted by atomic mass is 16.2. The Hall–Kier alpha value is -3.94. The number of benzene rings is 2. The monoisotopic (exact) mass is 459 g/mol. The summed E-state index contributed by atoms with van der Waals surface area (Å²) in [7, 11) is 0. The van der Waals surface area contributed by atoms with E-state index in [0.29, 0.717) is 30.2 Å². The van der Waals surface area contributed by atoms with E-state index in [9.17, 15) is 14.4 Å². The molecule has 0 aliphatic rings. The van der Waals surface area contributed by atoms with Gasteiger partial charge in [0, 0.05) is 13.1 Å². The Kier molecular flexibility index (Phi) is 7.06. The number of fused-ring (bicyclic) bond motifs is 1. The van der Waals surface area contributed by atoms with Gasteiger partial charge in [-0.05, 0) is 23.5 Å². The Morgan fingerprint density at radius 1 is 0.912 bits per heavy atom. The van der Waals surface area contributed by atoms with E-state index in [4.69, 9.17) is 0 Å². The van der Waals surface area contributed by atoms with Crippen molar-refractivity contribution in [2.45, 2.75) is 39.9 Å². The molecule has 34 heavy (non-hydrogen) atoms. The molecule has 0 saturated carbocycles. The Bertz CT molecular complexity index is 1390. The second-order valence-corrected chi connectivity index (χ2v) is 8.81. The predicted molar refractivity (Wildman–Crippen MR) is 132 cm³/mol. The van der Waals surface area contributed by atoms with Crippen LogP contribution in [-0.4, -0.2) is 31.1 Å². The van der Waals surface area contributed by atoms with Gasteiger partial charge in [0.15, 0.2) is 11.2 Å². The molecule has 0 spiro atoms. The summed E-state index contributed by atoms with van der Waals surface area (Å²) in [5.74, 6) is 0.0781. The van der Waals surface area contributed by atoms with Crippen LogP contribution in [0.3, 0.4) is 0 Å².